The largest absolute Gasteiger partial charge is 0.416 e. The fourth-order valence-electron chi connectivity index (χ4n) is 3.07. The van der Waals surface area contributed by atoms with Crippen molar-refractivity contribution in [2.24, 2.45) is 0 Å². The molecule has 1 saturated heterocycles. The summed E-state index contributed by atoms with van der Waals surface area (Å²) in [6.07, 6.45) is -2.10. The molecule has 4 rings (SSSR count). The minimum absolute atomic E-state index is 0.136. The molecular formula is C16H14F3N5O. The van der Waals surface area contributed by atoms with Gasteiger partial charge in [0.2, 0.25) is 0 Å². The molecule has 1 aliphatic rings. The Balaban J connectivity index is 1.68. The number of nitrogens with zero attached hydrogens (tertiary/aromatic N) is 4. The van der Waals surface area contributed by atoms with Crippen molar-refractivity contribution in [3.05, 3.63) is 47.9 Å². The summed E-state index contributed by atoms with van der Waals surface area (Å²) in [4.78, 5) is 10.3. The van der Waals surface area contributed by atoms with Crippen LogP contribution < -0.4 is 4.90 Å². The van der Waals surface area contributed by atoms with Gasteiger partial charge in [0.05, 0.1) is 23.8 Å². The van der Waals surface area contributed by atoms with Crippen molar-refractivity contribution in [2.75, 3.05) is 24.6 Å². The van der Waals surface area contributed by atoms with E-state index < -0.39 is 17.8 Å². The highest BCUT2D eigenvalue weighted by Gasteiger charge is 2.36. The maximum atomic E-state index is 13.3. The Morgan fingerprint density at radius 1 is 1.20 bits per heavy atom. The Kier molecular flexibility index (Phi) is 3.79. The first-order valence-electron chi connectivity index (χ1n) is 7.71. The Morgan fingerprint density at radius 3 is 2.88 bits per heavy atom. The Hall–Kier alpha value is -2.68. The number of aromatic nitrogens is 4. The van der Waals surface area contributed by atoms with E-state index in [0.29, 0.717) is 24.6 Å². The van der Waals surface area contributed by atoms with Gasteiger partial charge in [-0.05, 0) is 11.6 Å². The lowest BCUT2D eigenvalue weighted by Crippen LogP contribution is -2.39. The summed E-state index contributed by atoms with van der Waals surface area (Å²) >= 11 is 0. The topological polar surface area (TPSA) is 66.9 Å². The third kappa shape index (κ3) is 2.91. The number of alkyl halides is 3. The molecule has 130 valence electrons. The number of hydrogen-bond donors (Lipinski definition) is 1. The van der Waals surface area contributed by atoms with Gasteiger partial charge in [-0.2, -0.15) is 18.3 Å². The standard InChI is InChI=1S/C16H14F3N5O/c17-16(18,19)12-4-2-1-3-10(12)13-8-24(5-6-25-13)15-11-7-22-23-14(11)20-9-21-15/h1-4,7,9,13H,5-6,8H2,(H,20,21,22,23). The molecule has 6 nitrogen and oxygen atoms in total. The summed E-state index contributed by atoms with van der Waals surface area (Å²) in [6.45, 7) is 1.10. The van der Waals surface area contributed by atoms with Gasteiger partial charge in [0.1, 0.15) is 18.2 Å². The van der Waals surface area contributed by atoms with Gasteiger partial charge in [0.15, 0.2) is 5.65 Å². The molecule has 1 unspecified atom stereocenters. The number of aromatic amines is 1. The van der Waals surface area contributed by atoms with E-state index in [9.17, 15) is 13.2 Å². The highest BCUT2D eigenvalue weighted by atomic mass is 19.4. The summed E-state index contributed by atoms with van der Waals surface area (Å²) < 4.78 is 45.5. The normalized spacial score (nSPS) is 18.7. The average Bonchev–Trinajstić information content (AvgIpc) is 3.10. The fraction of sp³-hybridized carbons (Fsp3) is 0.312. The maximum Gasteiger partial charge on any atom is 0.416 e. The number of rotatable bonds is 2. The predicted molar refractivity (Wildman–Crippen MR) is 84.0 cm³/mol. The number of ether oxygens (including phenoxy) is 1. The molecule has 3 aromatic rings. The van der Waals surface area contributed by atoms with Crippen LogP contribution >= 0.6 is 0 Å². The number of anilines is 1. The molecule has 0 radical (unpaired) electrons. The van der Waals surface area contributed by atoms with Crippen molar-refractivity contribution in [1.82, 2.24) is 20.2 Å². The van der Waals surface area contributed by atoms with Crippen molar-refractivity contribution >= 4 is 16.9 Å². The molecule has 1 aliphatic heterocycles. The van der Waals surface area contributed by atoms with E-state index in [-0.39, 0.29) is 12.1 Å². The van der Waals surface area contributed by atoms with E-state index in [1.165, 1.54) is 18.5 Å². The van der Waals surface area contributed by atoms with Gasteiger partial charge in [-0.25, -0.2) is 9.97 Å². The number of halogens is 3. The molecule has 0 amide bonds. The lowest BCUT2D eigenvalue weighted by atomic mass is 10.0. The first kappa shape index (κ1) is 15.8. The lowest BCUT2D eigenvalue weighted by molar-refractivity contribution is -0.139. The molecule has 2 aromatic heterocycles. The smallest absolute Gasteiger partial charge is 0.370 e. The Bertz CT molecular complexity index is 895. The van der Waals surface area contributed by atoms with Gasteiger partial charge in [-0.15, -0.1) is 0 Å². The SMILES string of the molecule is FC(F)(F)c1ccccc1C1CN(c2ncnc3[nH]ncc23)CCO1. The summed E-state index contributed by atoms with van der Waals surface area (Å²) in [5.74, 6) is 0.636. The van der Waals surface area contributed by atoms with Crippen LogP contribution in [0.5, 0.6) is 0 Å². The van der Waals surface area contributed by atoms with Crippen LogP contribution in [0.2, 0.25) is 0 Å². The highest BCUT2D eigenvalue weighted by molar-refractivity contribution is 5.86. The number of H-pyrrole nitrogens is 1. The van der Waals surface area contributed by atoms with E-state index in [1.54, 1.807) is 12.3 Å². The molecule has 0 spiro atoms. The molecule has 9 heteroatoms. The van der Waals surface area contributed by atoms with Crippen LogP contribution in [0.4, 0.5) is 19.0 Å². The molecular weight excluding hydrogens is 335 g/mol. The lowest BCUT2D eigenvalue weighted by Gasteiger charge is -2.35. The monoisotopic (exact) mass is 349 g/mol. The van der Waals surface area contributed by atoms with Crippen LogP contribution in [-0.4, -0.2) is 39.9 Å². The zero-order valence-electron chi connectivity index (χ0n) is 13.0. The molecule has 1 atom stereocenters. The highest BCUT2D eigenvalue weighted by Crippen LogP contribution is 2.37. The number of nitrogens with one attached hydrogen (secondary N) is 1. The zero-order valence-corrected chi connectivity index (χ0v) is 13.0. The summed E-state index contributed by atoms with van der Waals surface area (Å²) in [5.41, 5.74) is 0.0546. The molecule has 1 N–H and O–H groups in total. The van der Waals surface area contributed by atoms with Crippen molar-refractivity contribution in [3.8, 4) is 0 Å². The number of morpholine rings is 1. The minimum Gasteiger partial charge on any atom is -0.370 e. The zero-order chi connectivity index (χ0) is 17.4. The van der Waals surface area contributed by atoms with Crippen molar-refractivity contribution in [2.45, 2.75) is 12.3 Å². The number of fused-ring (bicyclic) bond motifs is 1. The fourth-order valence-corrected chi connectivity index (χ4v) is 3.07. The number of benzene rings is 1. The van der Waals surface area contributed by atoms with E-state index in [2.05, 4.69) is 20.2 Å². The van der Waals surface area contributed by atoms with Crippen LogP contribution in [0.1, 0.15) is 17.2 Å². The van der Waals surface area contributed by atoms with E-state index in [1.807, 2.05) is 4.90 Å². The number of hydrogen-bond acceptors (Lipinski definition) is 5. The molecule has 1 aromatic carbocycles. The van der Waals surface area contributed by atoms with Gasteiger partial charge < -0.3 is 9.64 Å². The van der Waals surface area contributed by atoms with E-state index in [0.717, 1.165) is 11.5 Å². The second kappa shape index (κ2) is 5.99. The molecule has 25 heavy (non-hydrogen) atoms. The molecule has 3 heterocycles. The molecule has 0 bridgehead atoms. The van der Waals surface area contributed by atoms with E-state index >= 15 is 0 Å². The van der Waals surface area contributed by atoms with Crippen LogP contribution in [0.3, 0.4) is 0 Å². The minimum atomic E-state index is -4.42. The van der Waals surface area contributed by atoms with Crippen LogP contribution in [-0.2, 0) is 10.9 Å². The van der Waals surface area contributed by atoms with Crippen LogP contribution in [0.25, 0.3) is 11.0 Å². The van der Waals surface area contributed by atoms with Crippen molar-refractivity contribution in [1.29, 1.82) is 0 Å². The third-order valence-electron chi connectivity index (χ3n) is 4.21. The van der Waals surface area contributed by atoms with Gasteiger partial charge in [0.25, 0.3) is 0 Å². The van der Waals surface area contributed by atoms with Gasteiger partial charge in [0, 0.05) is 13.1 Å². The Labute approximate surface area is 140 Å². The summed E-state index contributed by atoms with van der Waals surface area (Å²) in [5, 5.41) is 7.44. The summed E-state index contributed by atoms with van der Waals surface area (Å²) in [7, 11) is 0. The van der Waals surface area contributed by atoms with Gasteiger partial charge in [-0.1, -0.05) is 18.2 Å². The first-order valence-corrected chi connectivity index (χ1v) is 7.71. The van der Waals surface area contributed by atoms with E-state index in [4.69, 9.17) is 4.74 Å². The second-order valence-corrected chi connectivity index (χ2v) is 5.72. The first-order chi connectivity index (χ1) is 12.0. The van der Waals surface area contributed by atoms with Crippen LogP contribution in [0, 0.1) is 0 Å². The maximum absolute atomic E-state index is 13.3. The third-order valence-corrected chi connectivity index (χ3v) is 4.21. The van der Waals surface area contributed by atoms with Gasteiger partial charge in [-0.3, -0.25) is 5.10 Å². The van der Waals surface area contributed by atoms with Crippen LogP contribution in [0.15, 0.2) is 36.8 Å². The molecule has 0 aliphatic carbocycles. The average molecular weight is 349 g/mol. The molecule has 0 saturated carbocycles. The Morgan fingerprint density at radius 2 is 2.04 bits per heavy atom. The van der Waals surface area contributed by atoms with Gasteiger partial charge >= 0.3 is 6.18 Å². The summed E-state index contributed by atoms with van der Waals surface area (Å²) in [6, 6.07) is 5.51. The molecule has 1 fully saturated rings. The predicted octanol–water partition coefficient (Wildman–Crippen LogP) is 2.95. The van der Waals surface area contributed by atoms with Crippen molar-refractivity contribution < 1.29 is 17.9 Å². The second-order valence-electron chi connectivity index (χ2n) is 5.72. The quantitative estimate of drug-likeness (QED) is 0.770. The van der Waals surface area contributed by atoms with Crippen molar-refractivity contribution in [3.63, 3.8) is 0 Å².